The lowest BCUT2D eigenvalue weighted by Crippen LogP contribution is -2.46. The molecule has 0 bridgehead atoms. The molecule has 0 amide bonds. The highest BCUT2D eigenvalue weighted by atomic mass is 35.5. The molecule has 0 spiro atoms. The number of hydrogen-bond acceptors (Lipinski definition) is 4. The summed E-state index contributed by atoms with van der Waals surface area (Å²) in [6.07, 6.45) is -5.44. The predicted octanol–water partition coefficient (Wildman–Crippen LogP) is 0.237. The fourth-order valence-corrected chi connectivity index (χ4v) is 1.30. The van der Waals surface area contributed by atoms with E-state index in [1.165, 1.54) is 0 Å². The molecule has 2 atom stereocenters. The molecule has 1 aliphatic rings. The molecule has 0 aromatic carbocycles. The lowest BCUT2D eigenvalue weighted by Gasteiger charge is -2.24. The first-order valence-corrected chi connectivity index (χ1v) is 3.90. The highest BCUT2D eigenvalue weighted by molar-refractivity contribution is 5.85. The summed E-state index contributed by atoms with van der Waals surface area (Å²) >= 11 is 0. The average molecular weight is 250 g/mol. The Morgan fingerprint density at radius 3 is 2.47 bits per heavy atom. The van der Waals surface area contributed by atoms with Gasteiger partial charge in [0.15, 0.2) is 5.60 Å². The van der Waals surface area contributed by atoms with E-state index >= 15 is 0 Å². The van der Waals surface area contributed by atoms with Crippen molar-refractivity contribution in [1.29, 1.82) is 0 Å². The molecule has 1 heterocycles. The van der Waals surface area contributed by atoms with E-state index in [4.69, 9.17) is 5.11 Å². The van der Waals surface area contributed by atoms with Crippen LogP contribution in [-0.2, 0) is 9.53 Å². The maximum absolute atomic E-state index is 12.2. The molecule has 1 aliphatic heterocycles. The molecule has 0 aromatic rings. The second-order valence-electron chi connectivity index (χ2n) is 3.19. The van der Waals surface area contributed by atoms with Crippen molar-refractivity contribution >= 4 is 18.4 Å². The molecule has 0 radical (unpaired) electrons. The van der Waals surface area contributed by atoms with Gasteiger partial charge in [-0.15, -0.1) is 12.4 Å². The van der Waals surface area contributed by atoms with E-state index in [9.17, 15) is 18.0 Å². The van der Waals surface area contributed by atoms with Crippen molar-refractivity contribution < 1.29 is 27.8 Å². The minimum Gasteiger partial charge on any atom is -0.468 e. The Morgan fingerprint density at radius 1 is 1.60 bits per heavy atom. The highest BCUT2D eigenvalue weighted by Gasteiger charge is 2.58. The molecular weight excluding hydrogens is 239 g/mol. The van der Waals surface area contributed by atoms with Crippen LogP contribution in [0.1, 0.15) is 6.42 Å². The number of aliphatic hydroxyl groups is 1. The van der Waals surface area contributed by atoms with Gasteiger partial charge in [-0.1, -0.05) is 0 Å². The monoisotopic (exact) mass is 249 g/mol. The first-order valence-electron chi connectivity index (χ1n) is 3.90. The number of ether oxygens (including phenoxy) is 1. The molecule has 8 heteroatoms. The summed E-state index contributed by atoms with van der Waals surface area (Å²) in [5, 5.41) is 11.4. The summed E-state index contributed by atoms with van der Waals surface area (Å²) in [4.78, 5) is 10.9. The number of hydrogen-bond donors (Lipinski definition) is 2. The van der Waals surface area contributed by atoms with Crippen LogP contribution < -0.4 is 5.32 Å². The van der Waals surface area contributed by atoms with Crippen LogP contribution in [0.15, 0.2) is 0 Å². The highest BCUT2D eigenvalue weighted by Crippen LogP contribution is 2.36. The van der Waals surface area contributed by atoms with Crippen LogP contribution in [0.3, 0.4) is 0 Å². The zero-order valence-corrected chi connectivity index (χ0v) is 8.61. The normalized spacial score (nSPS) is 30.9. The van der Waals surface area contributed by atoms with Gasteiger partial charge in [0.05, 0.1) is 7.11 Å². The molecule has 15 heavy (non-hydrogen) atoms. The van der Waals surface area contributed by atoms with Gasteiger partial charge in [0, 0.05) is 13.0 Å². The number of carbonyl (C=O) groups is 1. The van der Waals surface area contributed by atoms with Crippen molar-refractivity contribution in [1.82, 2.24) is 5.32 Å². The number of rotatable bonds is 1. The first-order chi connectivity index (χ1) is 6.30. The third-order valence-corrected chi connectivity index (χ3v) is 2.20. The van der Waals surface area contributed by atoms with Gasteiger partial charge in [0.2, 0.25) is 0 Å². The number of methoxy groups -OCH3 is 1. The lowest BCUT2D eigenvalue weighted by molar-refractivity contribution is -0.252. The number of carbonyl (C=O) groups excluding carboxylic acids is 1. The Balaban J connectivity index is 0.00000196. The first kappa shape index (κ1) is 14.5. The van der Waals surface area contributed by atoms with Crippen molar-refractivity contribution in [2.75, 3.05) is 13.7 Å². The van der Waals surface area contributed by atoms with Gasteiger partial charge in [0.25, 0.3) is 0 Å². The van der Waals surface area contributed by atoms with Crippen LogP contribution in [0.25, 0.3) is 0 Å². The summed E-state index contributed by atoms with van der Waals surface area (Å²) < 4.78 is 41.0. The maximum Gasteiger partial charge on any atom is 0.418 e. The van der Waals surface area contributed by atoms with Crippen LogP contribution in [0.5, 0.6) is 0 Å². The van der Waals surface area contributed by atoms with Crippen LogP contribution in [0.4, 0.5) is 13.2 Å². The smallest absolute Gasteiger partial charge is 0.418 e. The van der Waals surface area contributed by atoms with E-state index in [1.54, 1.807) is 0 Å². The molecule has 1 saturated heterocycles. The van der Waals surface area contributed by atoms with Gasteiger partial charge < -0.3 is 15.2 Å². The van der Waals surface area contributed by atoms with Crippen molar-refractivity contribution in [2.45, 2.75) is 24.2 Å². The summed E-state index contributed by atoms with van der Waals surface area (Å²) in [6.45, 7) is -0.684. The molecule has 90 valence electrons. The maximum atomic E-state index is 12.2. The second-order valence-corrected chi connectivity index (χ2v) is 3.19. The van der Waals surface area contributed by atoms with Gasteiger partial charge in [-0.3, -0.25) is 4.79 Å². The zero-order valence-electron chi connectivity index (χ0n) is 7.80. The Bertz CT molecular complexity index is 248. The van der Waals surface area contributed by atoms with Crippen molar-refractivity contribution in [3.8, 4) is 0 Å². The van der Waals surface area contributed by atoms with E-state index in [1.807, 2.05) is 0 Å². The summed E-state index contributed by atoms with van der Waals surface area (Å²) in [5.74, 6) is -0.801. The van der Waals surface area contributed by atoms with Crippen LogP contribution >= 0.6 is 12.4 Å². The summed E-state index contributed by atoms with van der Waals surface area (Å²) in [6, 6.07) is -1.09. The molecule has 2 N–H and O–H groups in total. The quantitative estimate of drug-likeness (QED) is 0.654. The van der Waals surface area contributed by atoms with Crippen LogP contribution in [0, 0.1) is 0 Å². The number of alkyl halides is 3. The molecule has 2 unspecified atom stereocenters. The molecular formula is C7H11ClF3NO3. The molecule has 4 nitrogen and oxygen atoms in total. The van der Waals surface area contributed by atoms with E-state index in [0.29, 0.717) is 0 Å². The molecule has 1 fully saturated rings. The Hall–Kier alpha value is -0.530. The average Bonchev–Trinajstić information content (AvgIpc) is 2.47. The molecule has 0 saturated carbocycles. The minimum atomic E-state index is -4.73. The van der Waals surface area contributed by atoms with Crippen molar-refractivity contribution in [2.24, 2.45) is 0 Å². The zero-order chi connectivity index (χ0) is 11.0. The molecule has 0 aliphatic carbocycles. The van der Waals surface area contributed by atoms with Crippen molar-refractivity contribution in [3.63, 3.8) is 0 Å². The van der Waals surface area contributed by atoms with Gasteiger partial charge in [-0.05, 0) is 0 Å². The van der Waals surface area contributed by atoms with Gasteiger partial charge >= 0.3 is 12.1 Å². The van der Waals surface area contributed by atoms with Gasteiger partial charge in [-0.25, -0.2) is 0 Å². The number of nitrogens with one attached hydrogen (secondary N) is 1. The fourth-order valence-electron chi connectivity index (χ4n) is 1.30. The number of β-amino-alcohol motifs (C(OH)–C–C–N with tert-alkyl or cyclic N) is 1. The Labute approximate surface area is 90.2 Å². The Kier molecular flexibility index (Phi) is 4.38. The third-order valence-electron chi connectivity index (χ3n) is 2.20. The SMILES string of the molecule is COC(=O)C1CC(O)(C(F)(F)F)CN1.Cl. The summed E-state index contributed by atoms with van der Waals surface area (Å²) in [5.41, 5.74) is -2.83. The second kappa shape index (κ2) is 4.54. The standard InChI is InChI=1S/C7H10F3NO3.ClH/c1-14-5(12)4-2-6(13,3-11-4)7(8,9)10;/h4,11,13H,2-3H2,1H3;1H. The summed E-state index contributed by atoms with van der Waals surface area (Å²) in [7, 11) is 1.08. The Morgan fingerprint density at radius 2 is 2.13 bits per heavy atom. The topological polar surface area (TPSA) is 58.6 Å². The van der Waals surface area contributed by atoms with E-state index < -0.39 is 36.8 Å². The lowest BCUT2D eigenvalue weighted by atomic mass is 10.00. The van der Waals surface area contributed by atoms with E-state index in [2.05, 4.69) is 10.1 Å². The minimum absolute atomic E-state index is 0. The van der Waals surface area contributed by atoms with E-state index in [-0.39, 0.29) is 12.4 Å². The fraction of sp³-hybridized carbons (Fsp3) is 0.857. The van der Waals surface area contributed by atoms with E-state index in [0.717, 1.165) is 7.11 Å². The van der Waals surface area contributed by atoms with Gasteiger partial charge in [0.1, 0.15) is 6.04 Å². The van der Waals surface area contributed by atoms with Crippen molar-refractivity contribution in [3.05, 3.63) is 0 Å². The van der Waals surface area contributed by atoms with Crippen LogP contribution in [-0.4, -0.2) is 42.5 Å². The molecule has 1 rings (SSSR count). The number of halogens is 4. The largest absolute Gasteiger partial charge is 0.468 e. The third kappa shape index (κ3) is 2.73. The number of esters is 1. The van der Waals surface area contributed by atoms with Gasteiger partial charge in [-0.2, -0.15) is 13.2 Å². The van der Waals surface area contributed by atoms with Crippen LogP contribution in [0.2, 0.25) is 0 Å². The molecule has 0 aromatic heterocycles. The predicted molar refractivity (Wildman–Crippen MR) is 46.7 cm³/mol.